The van der Waals surface area contributed by atoms with E-state index < -0.39 is 0 Å². The number of hydrogen-bond acceptors (Lipinski definition) is 5. The largest absolute Gasteiger partial charge is 0.289 e. The molecule has 0 fully saturated rings. The van der Waals surface area contributed by atoms with Crippen molar-refractivity contribution in [1.29, 1.82) is 0 Å². The molecule has 1 N–H and O–H groups in total. The van der Waals surface area contributed by atoms with Crippen molar-refractivity contribution >= 4 is 22.8 Å². The smallest absolute Gasteiger partial charge is 0.258 e. The van der Waals surface area contributed by atoms with Gasteiger partial charge in [-0.25, -0.2) is 14.6 Å². The van der Waals surface area contributed by atoms with Gasteiger partial charge in [-0.2, -0.15) is 5.10 Å². The highest BCUT2D eigenvalue weighted by atomic mass is 16.1. The highest BCUT2D eigenvalue weighted by molar-refractivity contribution is 6.12. The molecule has 0 aliphatic carbocycles. The summed E-state index contributed by atoms with van der Waals surface area (Å²) in [5.41, 5.74) is 5.07. The molecule has 3 heterocycles. The third-order valence-corrected chi connectivity index (χ3v) is 5.19. The fraction of sp³-hybridized carbons (Fsp3) is 0.125. The third-order valence-electron chi connectivity index (χ3n) is 5.19. The van der Waals surface area contributed by atoms with Crippen molar-refractivity contribution in [2.45, 2.75) is 13.5 Å². The van der Waals surface area contributed by atoms with Gasteiger partial charge in [0.1, 0.15) is 6.33 Å². The van der Waals surface area contributed by atoms with Gasteiger partial charge in [-0.1, -0.05) is 48.0 Å². The number of aromatic nitrogens is 6. The molecular formula is C24H21N7O. The van der Waals surface area contributed by atoms with Crippen LogP contribution in [0.3, 0.4) is 0 Å². The molecule has 0 saturated heterocycles. The lowest BCUT2D eigenvalue weighted by molar-refractivity contribution is 0.102. The van der Waals surface area contributed by atoms with Gasteiger partial charge in [0.05, 0.1) is 29.5 Å². The Hall–Kier alpha value is -4.33. The van der Waals surface area contributed by atoms with Gasteiger partial charge in [0, 0.05) is 24.2 Å². The lowest BCUT2D eigenvalue weighted by Gasteiger charge is -2.08. The number of amides is 1. The first-order valence-electron chi connectivity index (χ1n) is 10.2. The maximum absolute atomic E-state index is 13.2. The summed E-state index contributed by atoms with van der Waals surface area (Å²) in [7, 11) is 1.84. The molecule has 32 heavy (non-hydrogen) atoms. The maximum atomic E-state index is 13.2. The van der Waals surface area contributed by atoms with Crippen molar-refractivity contribution in [3.8, 4) is 11.3 Å². The zero-order valence-electron chi connectivity index (χ0n) is 17.7. The van der Waals surface area contributed by atoms with E-state index >= 15 is 0 Å². The fourth-order valence-electron chi connectivity index (χ4n) is 3.54. The quantitative estimate of drug-likeness (QED) is 0.464. The fourth-order valence-corrected chi connectivity index (χ4v) is 3.54. The van der Waals surface area contributed by atoms with Crippen LogP contribution in [0.1, 0.15) is 21.5 Å². The minimum absolute atomic E-state index is 0.255. The summed E-state index contributed by atoms with van der Waals surface area (Å²) in [5, 5.41) is 12.2. The van der Waals surface area contributed by atoms with Crippen molar-refractivity contribution in [2.75, 3.05) is 5.32 Å². The number of pyridine rings is 1. The second-order valence-corrected chi connectivity index (χ2v) is 7.68. The predicted molar refractivity (Wildman–Crippen MR) is 122 cm³/mol. The van der Waals surface area contributed by atoms with Crippen LogP contribution in [0.15, 0.2) is 73.3 Å². The Morgan fingerprint density at radius 2 is 1.91 bits per heavy atom. The molecule has 0 spiro atoms. The molecule has 8 nitrogen and oxygen atoms in total. The lowest BCUT2D eigenvalue weighted by Crippen LogP contribution is -2.14. The average molecular weight is 423 g/mol. The third kappa shape index (κ3) is 3.98. The Labute approximate surface area is 184 Å². The number of fused-ring (bicyclic) bond motifs is 1. The molecule has 2 aromatic carbocycles. The number of anilines is 1. The zero-order valence-corrected chi connectivity index (χ0v) is 17.7. The number of carbonyl (C=O) groups excluding carboxylic acids is 1. The minimum atomic E-state index is -0.290. The van der Waals surface area contributed by atoms with Crippen molar-refractivity contribution in [3.05, 3.63) is 90.0 Å². The summed E-state index contributed by atoms with van der Waals surface area (Å²) in [6.45, 7) is 2.63. The lowest BCUT2D eigenvalue weighted by atomic mass is 10.1. The molecule has 1 amide bonds. The monoisotopic (exact) mass is 423 g/mol. The number of para-hydroxylation sites is 1. The average Bonchev–Trinajstić information content (AvgIpc) is 3.43. The molecule has 158 valence electrons. The number of aryl methyl sites for hydroxylation is 2. The Morgan fingerprint density at radius 3 is 2.69 bits per heavy atom. The maximum Gasteiger partial charge on any atom is 0.258 e. The number of nitrogens with zero attached hydrogens (tertiary/aromatic N) is 6. The number of nitrogens with one attached hydrogen (secondary N) is 1. The molecule has 0 aliphatic heterocycles. The Balaban J connectivity index is 1.42. The molecule has 5 rings (SSSR count). The van der Waals surface area contributed by atoms with Gasteiger partial charge < -0.3 is 0 Å². The number of hydrogen-bond donors (Lipinski definition) is 1. The molecule has 5 aromatic rings. The van der Waals surface area contributed by atoms with Crippen molar-refractivity contribution in [1.82, 2.24) is 29.5 Å². The molecule has 0 aliphatic rings. The van der Waals surface area contributed by atoms with Crippen LogP contribution < -0.4 is 5.32 Å². The van der Waals surface area contributed by atoms with Crippen LogP contribution in [0.2, 0.25) is 0 Å². The van der Waals surface area contributed by atoms with Crippen LogP contribution in [-0.4, -0.2) is 35.4 Å². The molecule has 0 unspecified atom stereocenters. The van der Waals surface area contributed by atoms with Crippen LogP contribution in [0.4, 0.5) is 5.95 Å². The highest BCUT2D eigenvalue weighted by Gasteiger charge is 2.16. The molecule has 0 atom stereocenters. The van der Waals surface area contributed by atoms with E-state index in [1.807, 2.05) is 37.5 Å². The second kappa shape index (κ2) is 8.07. The predicted octanol–water partition coefficient (Wildman–Crippen LogP) is 3.84. The minimum Gasteiger partial charge on any atom is -0.289 e. The summed E-state index contributed by atoms with van der Waals surface area (Å²) in [5.74, 6) is -0.0345. The molecule has 0 radical (unpaired) electrons. The van der Waals surface area contributed by atoms with Crippen molar-refractivity contribution in [3.63, 3.8) is 0 Å². The van der Waals surface area contributed by atoms with E-state index in [9.17, 15) is 4.79 Å². The summed E-state index contributed by atoms with van der Waals surface area (Å²) in [6, 6.07) is 17.6. The SMILES string of the molecule is Cc1ccc(Cn2cnc(NC(=O)c3cc(-c4cnn(C)c4)nc4ccccc34)n2)cc1. The van der Waals surface area contributed by atoms with Crippen LogP contribution in [-0.2, 0) is 13.6 Å². The van der Waals surface area contributed by atoms with Crippen molar-refractivity contribution in [2.24, 2.45) is 7.05 Å². The van der Waals surface area contributed by atoms with Crippen LogP contribution in [0.5, 0.6) is 0 Å². The number of benzene rings is 2. The van der Waals surface area contributed by atoms with E-state index in [2.05, 4.69) is 51.7 Å². The van der Waals surface area contributed by atoms with E-state index in [0.717, 1.165) is 22.0 Å². The van der Waals surface area contributed by atoms with E-state index in [0.29, 0.717) is 17.8 Å². The summed E-state index contributed by atoms with van der Waals surface area (Å²) in [4.78, 5) is 22.1. The highest BCUT2D eigenvalue weighted by Crippen LogP contribution is 2.25. The van der Waals surface area contributed by atoms with E-state index in [4.69, 9.17) is 4.98 Å². The first-order chi connectivity index (χ1) is 15.5. The first-order valence-corrected chi connectivity index (χ1v) is 10.2. The Morgan fingerprint density at radius 1 is 1.09 bits per heavy atom. The van der Waals surface area contributed by atoms with Gasteiger partial charge in [0.25, 0.3) is 5.91 Å². The van der Waals surface area contributed by atoms with Gasteiger partial charge >= 0.3 is 0 Å². The van der Waals surface area contributed by atoms with Crippen LogP contribution in [0, 0.1) is 6.92 Å². The number of rotatable bonds is 5. The van der Waals surface area contributed by atoms with E-state index in [-0.39, 0.29) is 11.9 Å². The van der Waals surface area contributed by atoms with E-state index in [1.54, 1.807) is 28.0 Å². The summed E-state index contributed by atoms with van der Waals surface area (Å²) >= 11 is 0. The normalized spacial score (nSPS) is 11.1. The summed E-state index contributed by atoms with van der Waals surface area (Å²) < 4.78 is 3.41. The Kier molecular flexibility index (Phi) is 4.95. The molecule has 8 heteroatoms. The van der Waals surface area contributed by atoms with E-state index in [1.165, 1.54) is 5.56 Å². The van der Waals surface area contributed by atoms with Gasteiger partial charge in [0.2, 0.25) is 5.95 Å². The zero-order chi connectivity index (χ0) is 22.1. The molecular weight excluding hydrogens is 402 g/mol. The van der Waals surface area contributed by atoms with Crippen LogP contribution in [0.25, 0.3) is 22.2 Å². The van der Waals surface area contributed by atoms with Gasteiger partial charge in [0.15, 0.2) is 0 Å². The van der Waals surface area contributed by atoms with Crippen LogP contribution >= 0.6 is 0 Å². The molecule has 0 bridgehead atoms. The molecule has 0 saturated carbocycles. The van der Waals surface area contributed by atoms with Gasteiger partial charge in [-0.3, -0.25) is 14.8 Å². The Bertz CT molecular complexity index is 1420. The number of carbonyl (C=O) groups is 1. The van der Waals surface area contributed by atoms with Gasteiger partial charge in [-0.05, 0) is 24.6 Å². The second-order valence-electron chi connectivity index (χ2n) is 7.68. The first kappa shape index (κ1) is 19.6. The standard InChI is InChI=1S/C24H21N7O/c1-16-7-9-17(10-8-16)13-31-15-25-24(29-31)28-23(32)20-11-22(18-12-26-30(2)14-18)27-21-6-4-3-5-19(20)21/h3-12,14-15H,13H2,1-2H3,(H,28,29,32). The summed E-state index contributed by atoms with van der Waals surface area (Å²) in [6.07, 6.45) is 5.21. The van der Waals surface area contributed by atoms with Crippen molar-refractivity contribution < 1.29 is 4.79 Å². The van der Waals surface area contributed by atoms with Gasteiger partial charge in [-0.15, -0.1) is 5.10 Å². The topological polar surface area (TPSA) is 90.5 Å². The molecule has 3 aromatic heterocycles.